The lowest BCUT2D eigenvalue weighted by atomic mass is 9.82. The predicted octanol–water partition coefficient (Wildman–Crippen LogP) is 6.38. The zero-order valence-corrected chi connectivity index (χ0v) is 20.4. The molecule has 4 aromatic carbocycles. The molecule has 0 bridgehead atoms. The summed E-state index contributed by atoms with van der Waals surface area (Å²) in [4.78, 5) is 13.4. The van der Waals surface area contributed by atoms with Gasteiger partial charge in [-0.15, -0.1) is 0 Å². The van der Waals surface area contributed by atoms with Gasteiger partial charge in [-0.25, -0.2) is 0 Å². The van der Waals surface area contributed by atoms with E-state index in [-0.39, 0.29) is 17.9 Å². The van der Waals surface area contributed by atoms with Crippen LogP contribution in [0, 0.1) is 51.2 Å². The van der Waals surface area contributed by atoms with Gasteiger partial charge < -0.3 is 5.32 Å². The number of carbonyl (C=O) groups is 1. The molecule has 4 rings (SSSR count). The Bertz CT molecular complexity index is 1630. The second-order valence-corrected chi connectivity index (χ2v) is 9.12. The van der Waals surface area contributed by atoms with Crippen LogP contribution in [-0.4, -0.2) is 5.91 Å². The van der Waals surface area contributed by atoms with Gasteiger partial charge in [-0.2, -0.15) is 21.0 Å². The second kappa shape index (κ2) is 10.6. The fourth-order valence-electron chi connectivity index (χ4n) is 4.84. The Morgan fingerprint density at radius 1 is 0.676 bits per heavy atom. The molecular formula is C31H23N5O. The van der Waals surface area contributed by atoms with Crippen molar-refractivity contribution in [2.75, 3.05) is 0 Å². The number of nitriles is 4. The summed E-state index contributed by atoms with van der Waals surface area (Å²) >= 11 is 0. The van der Waals surface area contributed by atoms with Gasteiger partial charge in [0.1, 0.15) is 0 Å². The van der Waals surface area contributed by atoms with Crippen molar-refractivity contribution in [1.82, 2.24) is 5.32 Å². The third-order valence-corrected chi connectivity index (χ3v) is 6.58. The molecule has 0 radical (unpaired) electrons. The first kappa shape index (κ1) is 24.9. The Labute approximate surface area is 215 Å². The van der Waals surface area contributed by atoms with Gasteiger partial charge in [-0.3, -0.25) is 4.79 Å². The Morgan fingerprint density at radius 2 is 1.16 bits per heavy atom. The molecule has 0 spiro atoms. The van der Waals surface area contributed by atoms with E-state index >= 15 is 0 Å². The molecule has 1 N–H and O–H groups in total. The fraction of sp³-hybridized carbons (Fsp3) is 0.194. The van der Waals surface area contributed by atoms with Crippen LogP contribution in [0.3, 0.4) is 0 Å². The molecule has 0 aliphatic carbocycles. The van der Waals surface area contributed by atoms with Crippen molar-refractivity contribution in [3.8, 4) is 24.3 Å². The summed E-state index contributed by atoms with van der Waals surface area (Å²) in [5.41, 5.74) is 2.31. The van der Waals surface area contributed by atoms with Crippen molar-refractivity contribution in [3.63, 3.8) is 0 Å². The van der Waals surface area contributed by atoms with Gasteiger partial charge in [0, 0.05) is 5.56 Å². The standard InChI is InChI=1S/C31H23N5O/c1-19(2)30(20-8-4-3-5-9-20)36-31(37)21-12-13-26-27(14-21)29(23(17-34)18-35)25-11-7-6-10-24(25)28(26)22(15-32)16-33/h3-14,19,22-23,30H,1-2H3,(H,36,37). The molecule has 37 heavy (non-hydrogen) atoms. The molecule has 1 unspecified atom stereocenters. The molecule has 4 aromatic rings. The number of nitrogens with zero attached hydrogens (tertiary/aromatic N) is 4. The van der Waals surface area contributed by atoms with E-state index in [0.29, 0.717) is 38.2 Å². The summed E-state index contributed by atoms with van der Waals surface area (Å²) in [5.74, 6) is -2.33. The first-order chi connectivity index (χ1) is 17.9. The summed E-state index contributed by atoms with van der Waals surface area (Å²) in [6.45, 7) is 4.06. The van der Waals surface area contributed by atoms with Crippen molar-refractivity contribution in [2.24, 2.45) is 5.92 Å². The van der Waals surface area contributed by atoms with Crippen LogP contribution in [0.25, 0.3) is 21.5 Å². The van der Waals surface area contributed by atoms with Gasteiger partial charge >= 0.3 is 0 Å². The number of benzene rings is 4. The highest BCUT2D eigenvalue weighted by Crippen LogP contribution is 2.40. The molecule has 0 aromatic heterocycles. The maximum absolute atomic E-state index is 13.4. The van der Waals surface area contributed by atoms with Crippen molar-refractivity contribution in [1.29, 1.82) is 21.0 Å². The van der Waals surface area contributed by atoms with E-state index < -0.39 is 11.8 Å². The SMILES string of the molecule is CC(C)C(NC(=O)c1ccc2c(C(C#N)C#N)c3ccccc3c(C(C#N)C#N)c2c1)c1ccccc1. The summed E-state index contributed by atoms with van der Waals surface area (Å²) in [6, 6.07) is 29.9. The summed E-state index contributed by atoms with van der Waals surface area (Å²) in [6.07, 6.45) is 0. The molecule has 6 nitrogen and oxygen atoms in total. The Hall–Kier alpha value is -5.17. The first-order valence-electron chi connectivity index (χ1n) is 11.9. The lowest BCUT2D eigenvalue weighted by molar-refractivity contribution is 0.0925. The molecule has 0 aliphatic rings. The minimum atomic E-state index is -1.10. The number of hydrogen-bond acceptors (Lipinski definition) is 5. The second-order valence-electron chi connectivity index (χ2n) is 9.12. The molecule has 0 heterocycles. The molecule has 6 heteroatoms. The zero-order chi connectivity index (χ0) is 26.5. The van der Waals surface area contributed by atoms with Crippen LogP contribution in [0.4, 0.5) is 0 Å². The fourth-order valence-corrected chi connectivity index (χ4v) is 4.84. The number of hydrogen-bond donors (Lipinski definition) is 1. The van der Waals surface area contributed by atoms with Gasteiger partial charge in [0.2, 0.25) is 0 Å². The smallest absolute Gasteiger partial charge is 0.251 e. The van der Waals surface area contributed by atoms with Gasteiger partial charge in [0.25, 0.3) is 5.91 Å². The number of amides is 1. The average molecular weight is 482 g/mol. The van der Waals surface area contributed by atoms with E-state index in [2.05, 4.69) is 29.6 Å². The molecular weight excluding hydrogens is 458 g/mol. The van der Waals surface area contributed by atoms with Crippen LogP contribution in [0.15, 0.2) is 72.8 Å². The van der Waals surface area contributed by atoms with Crippen LogP contribution in [0.5, 0.6) is 0 Å². The highest BCUT2D eigenvalue weighted by molar-refractivity contribution is 6.10. The molecule has 0 aliphatic heterocycles. The van der Waals surface area contributed by atoms with Gasteiger partial charge in [-0.05, 0) is 56.3 Å². The Kier molecular flexibility index (Phi) is 7.16. The minimum Gasteiger partial charge on any atom is -0.345 e. The molecule has 178 valence electrons. The highest BCUT2D eigenvalue weighted by atomic mass is 16.1. The molecule has 0 fully saturated rings. The number of carbonyl (C=O) groups excluding carboxylic acids is 1. The molecule has 1 atom stereocenters. The average Bonchev–Trinajstić information content (AvgIpc) is 2.93. The van der Waals surface area contributed by atoms with E-state index in [9.17, 15) is 25.8 Å². The van der Waals surface area contributed by atoms with Gasteiger partial charge in [0.05, 0.1) is 30.3 Å². The van der Waals surface area contributed by atoms with Crippen molar-refractivity contribution < 1.29 is 4.79 Å². The van der Waals surface area contributed by atoms with E-state index in [4.69, 9.17) is 0 Å². The maximum Gasteiger partial charge on any atom is 0.251 e. The highest BCUT2D eigenvalue weighted by Gasteiger charge is 2.26. The lowest BCUT2D eigenvalue weighted by Gasteiger charge is -2.23. The van der Waals surface area contributed by atoms with E-state index in [1.54, 1.807) is 42.5 Å². The number of rotatable bonds is 6. The maximum atomic E-state index is 13.4. The summed E-state index contributed by atoms with van der Waals surface area (Å²) < 4.78 is 0. The van der Waals surface area contributed by atoms with Crippen LogP contribution >= 0.6 is 0 Å². The van der Waals surface area contributed by atoms with E-state index in [1.165, 1.54) is 0 Å². The van der Waals surface area contributed by atoms with Gasteiger partial charge in [-0.1, -0.05) is 74.5 Å². The largest absolute Gasteiger partial charge is 0.345 e. The van der Waals surface area contributed by atoms with Crippen molar-refractivity contribution in [2.45, 2.75) is 31.7 Å². The Morgan fingerprint density at radius 3 is 1.68 bits per heavy atom. The van der Waals surface area contributed by atoms with Crippen LogP contribution < -0.4 is 5.32 Å². The van der Waals surface area contributed by atoms with Crippen LogP contribution in [0.1, 0.15) is 58.8 Å². The monoisotopic (exact) mass is 481 g/mol. The van der Waals surface area contributed by atoms with Crippen LogP contribution in [0.2, 0.25) is 0 Å². The van der Waals surface area contributed by atoms with E-state index in [1.807, 2.05) is 44.2 Å². The van der Waals surface area contributed by atoms with Crippen molar-refractivity contribution >= 4 is 27.5 Å². The third-order valence-electron chi connectivity index (χ3n) is 6.58. The van der Waals surface area contributed by atoms with Crippen LogP contribution in [-0.2, 0) is 0 Å². The molecule has 0 saturated carbocycles. The topological polar surface area (TPSA) is 124 Å². The predicted molar refractivity (Wildman–Crippen MR) is 141 cm³/mol. The first-order valence-corrected chi connectivity index (χ1v) is 11.9. The van der Waals surface area contributed by atoms with Crippen molar-refractivity contribution in [3.05, 3.63) is 95.1 Å². The van der Waals surface area contributed by atoms with E-state index in [0.717, 1.165) is 5.56 Å². The third kappa shape index (κ3) is 4.58. The zero-order valence-electron chi connectivity index (χ0n) is 20.4. The molecule has 1 amide bonds. The lowest BCUT2D eigenvalue weighted by Crippen LogP contribution is -2.31. The van der Waals surface area contributed by atoms with Gasteiger partial charge in [0.15, 0.2) is 11.8 Å². The summed E-state index contributed by atoms with van der Waals surface area (Å²) in [7, 11) is 0. The number of nitrogens with one attached hydrogen (secondary N) is 1. The minimum absolute atomic E-state index is 0.131. The quantitative estimate of drug-likeness (QED) is 0.320. The summed E-state index contributed by atoms with van der Waals surface area (Å²) in [5, 5.41) is 44.5. The number of fused-ring (bicyclic) bond motifs is 2. The Balaban J connectivity index is 1.96. The normalized spacial score (nSPS) is 11.6. The molecule has 0 saturated heterocycles.